The summed E-state index contributed by atoms with van der Waals surface area (Å²) in [5.74, 6) is 0.908. The molecular formula is C26H39N7. The van der Waals surface area contributed by atoms with Crippen molar-refractivity contribution in [3.05, 3.63) is 34.3 Å². The number of aryl methyl sites for hydroxylation is 2. The predicted octanol–water partition coefficient (Wildman–Crippen LogP) is 4.26. The molecule has 2 bridgehead atoms. The van der Waals surface area contributed by atoms with E-state index < -0.39 is 0 Å². The highest BCUT2D eigenvalue weighted by atomic mass is 15.5. The first kappa shape index (κ1) is 22.4. The molecule has 3 fully saturated rings. The van der Waals surface area contributed by atoms with E-state index >= 15 is 0 Å². The number of fused-ring (bicyclic) bond motifs is 4. The fourth-order valence-corrected chi connectivity index (χ4v) is 6.45. The van der Waals surface area contributed by atoms with Gasteiger partial charge in [-0.2, -0.15) is 10.2 Å². The van der Waals surface area contributed by atoms with Crippen molar-refractivity contribution in [1.82, 2.24) is 14.8 Å². The van der Waals surface area contributed by atoms with Gasteiger partial charge in [0, 0.05) is 73.1 Å². The van der Waals surface area contributed by atoms with Crippen molar-refractivity contribution in [3.63, 3.8) is 0 Å². The van der Waals surface area contributed by atoms with Crippen molar-refractivity contribution in [3.8, 4) is 0 Å². The van der Waals surface area contributed by atoms with Gasteiger partial charge in [-0.3, -0.25) is 4.68 Å². The zero-order chi connectivity index (χ0) is 23.4. The van der Waals surface area contributed by atoms with Crippen molar-refractivity contribution in [2.45, 2.75) is 91.3 Å². The van der Waals surface area contributed by atoms with Gasteiger partial charge in [-0.1, -0.05) is 0 Å². The van der Waals surface area contributed by atoms with Gasteiger partial charge in [0.2, 0.25) is 0 Å². The maximum Gasteiger partial charge on any atom is 0.154 e. The summed E-state index contributed by atoms with van der Waals surface area (Å²) in [6.07, 6.45) is 8.34. The molecule has 0 atom stereocenters. The second kappa shape index (κ2) is 8.12. The molecular weight excluding hydrogens is 410 g/mol. The Kier molecular flexibility index (Phi) is 5.51. The Labute approximate surface area is 198 Å². The molecule has 0 aromatic carbocycles. The maximum absolute atomic E-state index is 6.56. The van der Waals surface area contributed by atoms with Gasteiger partial charge in [0.15, 0.2) is 5.82 Å². The number of hydrogen-bond acceptors (Lipinski definition) is 6. The summed E-state index contributed by atoms with van der Waals surface area (Å²) in [6, 6.07) is 2.21. The van der Waals surface area contributed by atoms with Crippen LogP contribution in [0.3, 0.4) is 0 Å². The topological polar surface area (TPSA) is 75.6 Å². The van der Waals surface area contributed by atoms with Crippen LogP contribution < -0.4 is 15.6 Å². The molecule has 1 aliphatic heterocycles. The van der Waals surface area contributed by atoms with Crippen LogP contribution in [-0.4, -0.2) is 40.1 Å². The lowest BCUT2D eigenvalue weighted by atomic mass is 9.57. The van der Waals surface area contributed by atoms with Crippen LogP contribution in [0, 0.1) is 26.2 Å². The normalized spacial score (nSPS) is 26.4. The second-order valence-corrected chi connectivity index (χ2v) is 10.8. The van der Waals surface area contributed by atoms with Crippen LogP contribution >= 0.6 is 0 Å². The zero-order valence-corrected chi connectivity index (χ0v) is 20.8. The summed E-state index contributed by atoms with van der Waals surface area (Å²) in [6.45, 7) is 15.9. The molecule has 7 heteroatoms. The zero-order valence-electron chi connectivity index (χ0n) is 20.8. The lowest BCUT2D eigenvalue weighted by molar-refractivity contribution is 0.0263. The fourth-order valence-electron chi connectivity index (χ4n) is 6.45. The first-order chi connectivity index (χ1) is 15.8. The highest BCUT2D eigenvalue weighted by Gasteiger charge is 2.47. The average molecular weight is 450 g/mol. The SMILES string of the molecule is C=NN(CC)c1nc(C)cc(N2CCc3c(c(C)nn3CC34CCC(N)(CC3)CC4)C2)c1C. The van der Waals surface area contributed by atoms with Crippen LogP contribution in [-0.2, 0) is 19.5 Å². The first-order valence-corrected chi connectivity index (χ1v) is 12.6. The van der Waals surface area contributed by atoms with Crippen molar-refractivity contribution in [2.24, 2.45) is 16.3 Å². The van der Waals surface area contributed by atoms with E-state index in [4.69, 9.17) is 15.8 Å². The Hall–Kier alpha value is -2.41. The van der Waals surface area contributed by atoms with E-state index in [2.05, 4.69) is 55.2 Å². The van der Waals surface area contributed by atoms with Crippen molar-refractivity contribution < 1.29 is 0 Å². The van der Waals surface area contributed by atoms with Gasteiger partial charge in [-0.15, -0.1) is 0 Å². The molecule has 6 rings (SSSR count). The molecule has 0 spiro atoms. The summed E-state index contributed by atoms with van der Waals surface area (Å²) in [7, 11) is 0. The summed E-state index contributed by atoms with van der Waals surface area (Å²) in [5.41, 5.74) is 14.5. The fraction of sp³-hybridized carbons (Fsp3) is 0.654. The molecule has 33 heavy (non-hydrogen) atoms. The molecule has 0 amide bonds. The monoisotopic (exact) mass is 449 g/mol. The first-order valence-electron chi connectivity index (χ1n) is 12.6. The molecule has 2 aromatic rings. The van der Waals surface area contributed by atoms with Gasteiger partial charge in [0.25, 0.3) is 0 Å². The van der Waals surface area contributed by atoms with E-state index in [-0.39, 0.29) is 5.54 Å². The standard InChI is InChI=1S/C26H39N7/c1-6-32(28-5)24-19(3)23(15-18(2)29-24)31-14-7-22-21(16-31)20(4)30-33(22)17-25-8-11-26(27,12-9-25)13-10-25/h15H,5-14,16-17,27H2,1-4H3. The summed E-state index contributed by atoms with van der Waals surface area (Å²) >= 11 is 0. The van der Waals surface area contributed by atoms with Gasteiger partial charge in [0.1, 0.15) is 0 Å². The third kappa shape index (κ3) is 3.84. The number of anilines is 2. The Bertz CT molecular complexity index is 1040. The van der Waals surface area contributed by atoms with E-state index in [1.165, 1.54) is 61.2 Å². The number of nitrogens with zero attached hydrogens (tertiary/aromatic N) is 6. The van der Waals surface area contributed by atoms with Crippen LogP contribution in [0.1, 0.15) is 73.7 Å². The predicted molar refractivity (Wildman–Crippen MR) is 135 cm³/mol. The Balaban J connectivity index is 1.41. The van der Waals surface area contributed by atoms with Gasteiger partial charge >= 0.3 is 0 Å². The third-order valence-electron chi connectivity index (χ3n) is 8.68. The number of nitrogens with two attached hydrogens (primary N) is 1. The minimum absolute atomic E-state index is 0.121. The minimum atomic E-state index is 0.121. The van der Waals surface area contributed by atoms with Crippen LogP contribution in [0.4, 0.5) is 11.5 Å². The summed E-state index contributed by atoms with van der Waals surface area (Å²) in [5, 5.41) is 11.1. The molecule has 3 aliphatic carbocycles. The summed E-state index contributed by atoms with van der Waals surface area (Å²) in [4.78, 5) is 7.26. The summed E-state index contributed by atoms with van der Waals surface area (Å²) < 4.78 is 2.37. The Morgan fingerprint density at radius 3 is 2.48 bits per heavy atom. The van der Waals surface area contributed by atoms with Crippen LogP contribution in [0.2, 0.25) is 0 Å². The van der Waals surface area contributed by atoms with Crippen LogP contribution in [0.15, 0.2) is 11.2 Å². The molecule has 178 valence electrons. The number of hydrogen-bond donors (Lipinski definition) is 1. The Morgan fingerprint density at radius 2 is 1.85 bits per heavy atom. The molecule has 0 saturated heterocycles. The second-order valence-electron chi connectivity index (χ2n) is 10.8. The lowest BCUT2D eigenvalue weighted by Crippen LogP contribution is -2.53. The van der Waals surface area contributed by atoms with Gasteiger partial charge in [-0.25, -0.2) is 9.99 Å². The number of aromatic nitrogens is 3. The quantitative estimate of drug-likeness (QED) is 0.527. The largest absolute Gasteiger partial charge is 0.366 e. The highest BCUT2D eigenvalue weighted by molar-refractivity contribution is 5.65. The number of hydrazone groups is 1. The van der Waals surface area contributed by atoms with E-state index in [0.717, 1.165) is 49.7 Å². The average Bonchev–Trinajstić information content (AvgIpc) is 3.12. The molecule has 3 saturated carbocycles. The molecule has 2 aromatic heterocycles. The van der Waals surface area contributed by atoms with Gasteiger partial charge in [0.05, 0.1) is 5.69 Å². The van der Waals surface area contributed by atoms with E-state index in [0.29, 0.717) is 5.41 Å². The minimum Gasteiger partial charge on any atom is -0.366 e. The maximum atomic E-state index is 6.56. The van der Waals surface area contributed by atoms with E-state index in [9.17, 15) is 0 Å². The Morgan fingerprint density at radius 1 is 1.15 bits per heavy atom. The highest BCUT2D eigenvalue weighted by Crippen LogP contribution is 2.52. The molecule has 7 nitrogen and oxygen atoms in total. The number of pyridine rings is 1. The van der Waals surface area contributed by atoms with E-state index in [1.807, 2.05) is 5.01 Å². The molecule has 4 aliphatic rings. The molecule has 0 unspecified atom stereocenters. The van der Waals surface area contributed by atoms with Crippen molar-refractivity contribution >= 4 is 18.2 Å². The molecule has 3 heterocycles. The number of rotatable bonds is 6. The van der Waals surface area contributed by atoms with Crippen LogP contribution in [0.5, 0.6) is 0 Å². The van der Waals surface area contributed by atoms with Gasteiger partial charge < -0.3 is 10.6 Å². The molecule has 0 radical (unpaired) electrons. The van der Waals surface area contributed by atoms with Crippen LogP contribution in [0.25, 0.3) is 0 Å². The van der Waals surface area contributed by atoms with Crippen molar-refractivity contribution in [2.75, 3.05) is 23.0 Å². The third-order valence-corrected chi connectivity index (χ3v) is 8.68. The van der Waals surface area contributed by atoms with E-state index in [1.54, 1.807) is 0 Å². The van der Waals surface area contributed by atoms with Crippen molar-refractivity contribution in [1.29, 1.82) is 0 Å². The van der Waals surface area contributed by atoms with Gasteiger partial charge in [-0.05, 0) is 77.7 Å². The smallest absolute Gasteiger partial charge is 0.154 e. The lowest BCUT2D eigenvalue weighted by Gasteiger charge is -2.52. The molecule has 2 N–H and O–H groups in total.